The Bertz CT molecular complexity index is 991. The summed E-state index contributed by atoms with van der Waals surface area (Å²) in [5, 5.41) is 0. The maximum Gasteiger partial charge on any atom is 0.168 e. The van der Waals surface area contributed by atoms with Gasteiger partial charge in [-0.2, -0.15) is 0 Å². The van der Waals surface area contributed by atoms with Crippen LogP contribution in [0, 0.1) is 11.6 Å². The smallest absolute Gasteiger partial charge is 0.168 e. The molecule has 2 aromatic carbocycles. The number of H-pyrrole nitrogens is 1. The van der Waals surface area contributed by atoms with Crippen molar-refractivity contribution in [2.24, 2.45) is 0 Å². The summed E-state index contributed by atoms with van der Waals surface area (Å²) >= 11 is 0. The summed E-state index contributed by atoms with van der Waals surface area (Å²) in [6, 6.07) is 7.72. The van der Waals surface area contributed by atoms with Crippen LogP contribution in [-0.4, -0.2) is 23.2 Å². The fourth-order valence-electron chi connectivity index (χ4n) is 3.43. The van der Waals surface area contributed by atoms with Gasteiger partial charge >= 0.3 is 0 Å². The summed E-state index contributed by atoms with van der Waals surface area (Å²) in [5.74, 6) is 0.467. The monoisotopic (exact) mass is 370 g/mol. The van der Waals surface area contributed by atoms with Crippen molar-refractivity contribution < 1.29 is 18.3 Å². The minimum absolute atomic E-state index is 0.115. The Morgan fingerprint density at radius 2 is 1.96 bits per heavy atom. The van der Waals surface area contributed by atoms with Crippen molar-refractivity contribution in [2.45, 2.75) is 31.8 Å². The van der Waals surface area contributed by atoms with E-state index in [9.17, 15) is 8.78 Å². The maximum atomic E-state index is 13.8. The molecule has 0 bridgehead atoms. The van der Waals surface area contributed by atoms with E-state index in [-0.39, 0.29) is 11.6 Å². The summed E-state index contributed by atoms with van der Waals surface area (Å²) in [5.41, 5.74) is 1.28. The zero-order valence-electron chi connectivity index (χ0n) is 15.0. The molecular weight excluding hydrogens is 350 g/mol. The highest BCUT2D eigenvalue weighted by Gasteiger charge is 2.20. The number of imidazole rings is 1. The Labute approximate surface area is 155 Å². The number of benzene rings is 2. The van der Waals surface area contributed by atoms with E-state index in [0.29, 0.717) is 22.8 Å². The standard InChI is InChI=1S/C21H20F2N2O2/c1-26-18-8-4-5-13(21(18)27-15-6-2-3-7-15)9-10-19-24-17-12-14(22)11-16(23)20(17)25-19/h4-5,8-12,15H,2-3,6-7H2,1H3,(H,24,25). The van der Waals surface area contributed by atoms with Crippen molar-refractivity contribution in [3.63, 3.8) is 0 Å². The van der Waals surface area contributed by atoms with Gasteiger partial charge in [0.1, 0.15) is 17.2 Å². The van der Waals surface area contributed by atoms with Crippen LogP contribution < -0.4 is 9.47 Å². The van der Waals surface area contributed by atoms with Crippen LogP contribution in [0.4, 0.5) is 8.78 Å². The van der Waals surface area contributed by atoms with E-state index >= 15 is 0 Å². The topological polar surface area (TPSA) is 47.1 Å². The molecule has 0 radical (unpaired) electrons. The van der Waals surface area contributed by atoms with Crippen molar-refractivity contribution >= 4 is 23.2 Å². The molecule has 1 N–H and O–H groups in total. The summed E-state index contributed by atoms with van der Waals surface area (Å²) in [6.07, 6.45) is 8.16. The average Bonchev–Trinajstić information content (AvgIpc) is 3.30. The van der Waals surface area contributed by atoms with Gasteiger partial charge in [0.25, 0.3) is 0 Å². The van der Waals surface area contributed by atoms with E-state index < -0.39 is 11.6 Å². The molecule has 6 heteroatoms. The minimum Gasteiger partial charge on any atom is -0.493 e. The van der Waals surface area contributed by atoms with Gasteiger partial charge in [-0.05, 0) is 50.0 Å². The third kappa shape index (κ3) is 3.65. The van der Waals surface area contributed by atoms with Crippen LogP contribution in [0.15, 0.2) is 30.3 Å². The SMILES string of the molecule is COc1cccc(C=Cc2nc3c(F)cc(F)cc3[nH]2)c1OC1CCCC1. The van der Waals surface area contributed by atoms with E-state index in [1.54, 1.807) is 13.2 Å². The summed E-state index contributed by atoms with van der Waals surface area (Å²) in [6.45, 7) is 0. The molecular formula is C21H20F2N2O2. The molecule has 0 atom stereocenters. The first kappa shape index (κ1) is 17.5. The van der Waals surface area contributed by atoms with Gasteiger partial charge in [-0.25, -0.2) is 13.8 Å². The first-order chi connectivity index (χ1) is 13.1. The third-order valence-corrected chi connectivity index (χ3v) is 4.76. The predicted molar refractivity (Wildman–Crippen MR) is 101 cm³/mol. The van der Waals surface area contributed by atoms with Gasteiger partial charge in [-0.1, -0.05) is 12.1 Å². The van der Waals surface area contributed by atoms with Crippen LogP contribution in [0.3, 0.4) is 0 Å². The number of ether oxygens (including phenoxy) is 2. The molecule has 1 heterocycles. The molecule has 0 amide bonds. The van der Waals surface area contributed by atoms with Crippen LogP contribution in [0.2, 0.25) is 0 Å². The number of halogens is 2. The predicted octanol–water partition coefficient (Wildman–Crippen LogP) is 5.34. The lowest BCUT2D eigenvalue weighted by atomic mass is 10.1. The zero-order chi connectivity index (χ0) is 18.8. The molecule has 1 fully saturated rings. The fraction of sp³-hybridized carbons (Fsp3) is 0.286. The number of aromatic amines is 1. The lowest BCUT2D eigenvalue weighted by Gasteiger charge is -2.18. The second-order valence-electron chi connectivity index (χ2n) is 6.64. The quantitative estimate of drug-likeness (QED) is 0.659. The molecule has 27 heavy (non-hydrogen) atoms. The molecule has 0 unspecified atom stereocenters. The molecule has 0 spiro atoms. The van der Waals surface area contributed by atoms with Gasteiger partial charge < -0.3 is 14.5 Å². The first-order valence-electron chi connectivity index (χ1n) is 9.00. The Morgan fingerprint density at radius 3 is 2.74 bits per heavy atom. The summed E-state index contributed by atoms with van der Waals surface area (Å²) < 4.78 is 38.8. The van der Waals surface area contributed by atoms with Crippen LogP contribution in [-0.2, 0) is 0 Å². The second-order valence-corrected chi connectivity index (χ2v) is 6.64. The van der Waals surface area contributed by atoms with Crippen LogP contribution in [0.5, 0.6) is 11.5 Å². The number of aromatic nitrogens is 2. The zero-order valence-corrected chi connectivity index (χ0v) is 15.0. The fourth-order valence-corrected chi connectivity index (χ4v) is 3.43. The number of para-hydroxylation sites is 1. The second kappa shape index (κ2) is 7.39. The summed E-state index contributed by atoms with van der Waals surface area (Å²) in [7, 11) is 1.61. The number of nitrogens with one attached hydrogen (secondary N) is 1. The highest BCUT2D eigenvalue weighted by Crippen LogP contribution is 2.35. The van der Waals surface area contributed by atoms with Gasteiger partial charge in [0.05, 0.1) is 18.7 Å². The largest absolute Gasteiger partial charge is 0.493 e. The van der Waals surface area contributed by atoms with Crippen molar-refractivity contribution in [3.05, 3.63) is 53.4 Å². The van der Waals surface area contributed by atoms with E-state index in [2.05, 4.69) is 9.97 Å². The highest BCUT2D eigenvalue weighted by atomic mass is 19.1. The molecule has 0 saturated heterocycles. The number of nitrogens with zero attached hydrogens (tertiary/aromatic N) is 1. The van der Waals surface area contributed by atoms with Gasteiger partial charge in [0, 0.05) is 11.6 Å². The van der Waals surface area contributed by atoms with E-state index in [0.717, 1.165) is 24.5 Å². The van der Waals surface area contributed by atoms with Gasteiger partial charge in [0.2, 0.25) is 0 Å². The normalized spacial score (nSPS) is 15.1. The number of methoxy groups -OCH3 is 1. The Kier molecular flexibility index (Phi) is 4.79. The average molecular weight is 370 g/mol. The Hall–Kier alpha value is -2.89. The summed E-state index contributed by atoms with van der Waals surface area (Å²) in [4.78, 5) is 7.11. The molecule has 1 aromatic heterocycles. The molecule has 140 valence electrons. The molecule has 1 aliphatic carbocycles. The lowest BCUT2D eigenvalue weighted by molar-refractivity contribution is 0.200. The van der Waals surface area contributed by atoms with Crippen molar-refractivity contribution in [2.75, 3.05) is 7.11 Å². The van der Waals surface area contributed by atoms with Gasteiger partial charge in [0.15, 0.2) is 17.3 Å². The van der Waals surface area contributed by atoms with Crippen molar-refractivity contribution in [1.82, 2.24) is 9.97 Å². The molecule has 4 nitrogen and oxygen atoms in total. The minimum atomic E-state index is -0.687. The molecule has 0 aliphatic heterocycles. The molecule has 1 aliphatic rings. The molecule has 4 rings (SSSR count). The number of fused-ring (bicyclic) bond motifs is 1. The number of hydrogen-bond acceptors (Lipinski definition) is 3. The van der Waals surface area contributed by atoms with Crippen LogP contribution in [0.1, 0.15) is 37.1 Å². The Balaban J connectivity index is 1.66. The number of rotatable bonds is 5. The molecule has 3 aromatic rings. The Morgan fingerprint density at radius 1 is 1.15 bits per heavy atom. The highest BCUT2D eigenvalue weighted by molar-refractivity contribution is 5.80. The van der Waals surface area contributed by atoms with Gasteiger partial charge in [-0.3, -0.25) is 0 Å². The third-order valence-electron chi connectivity index (χ3n) is 4.76. The lowest BCUT2D eigenvalue weighted by Crippen LogP contribution is -2.12. The van der Waals surface area contributed by atoms with E-state index in [1.807, 2.05) is 24.3 Å². The molecule has 1 saturated carbocycles. The van der Waals surface area contributed by atoms with Crippen LogP contribution in [0.25, 0.3) is 23.2 Å². The van der Waals surface area contributed by atoms with Crippen molar-refractivity contribution in [3.8, 4) is 11.5 Å². The maximum absolute atomic E-state index is 13.8. The van der Waals surface area contributed by atoms with Crippen molar-refractivity contribution in [1.29, 1.82) is 0 Å². The first-order valence-corrected chi connectivity index (χ1v) is 9.00. The van der Waals surface area contributed by atoms with Crippen LogP contribution >= 0.6 is 0 Å². The van der Waals surface area contributed by atoms with E-state index in [1.165, 1.54) is 18.9 Å². The van der Waals surface area contributed by atoms with E-state index in [4.69, 9.17) is 9.47 Å². The number of hydrogen-bond donors (Lipinski definition) is 1. The van der Waals surface area contributed by atoms with Gasteiger partial charge in [-0.15, -0.1) is 0 Å².